The second kappa shape index (κ2) is 22.3. The first-order valence-corrected chi connectivity index (χ1v) is 27.4. The lowest BCUT2D eigenvalue weighted by Crippen LogP contribution is -2.47. The van der Waals surface area contributed by atoms with E-state index in [0.717, 1.165) is 55.2 Å². The Labute approximate surface area is 461 Å². The molecular formula is C60H60N12O8. The lowest BCUT2D eigenvalue weighted by molar-refractivity contribution is 0.0533. The van der Waals surface area contributed by atoms with E-state index in [4.69, 9.17) is 14.5 Å². The molecule has 4 aromatic heterocycles. The molecule has 7 aromatic rings. The number of hydrogen-bond donors (Lipinski definition) is 1. The molecule has 0 radical (unpaired) electrons. The number of ether oxygens (including phenoxy) is 2. The lowest BCUT2D eigenvalue weighted by atomic mass is 9.89. The Balaban J connectivity index is 0.000000177. The topological polar surface area (TPSA) is 246 Å². The molecule has 0 bridgehead atoms. The van der Waals surface area contributed by atoms with E-state index in [9.17, 15) is 39.6 Å². The summed E-state index contributed by atoms with van der Waals surface area (Å²) in [5.74, 6) is -0.502. The SMILES string of the molecule is Cc1c(COc2ccc3nc(C(=O)N4CCC(C#N)(n5cccn5)CC4)cc(C(=O)N4CCCCC4)c3c2)ccc2c1COC2=O.N#CC1(n2cccn2)CCN(C(=O)c2cc(C(=O)N3CCCCC3)c3cc(O)ccc3n2)CC1. The molecule has 0 unspecified atom stereocenters. The molecule has 0 aliphatic carbocycles. The number of rotatable bonds is 9. The maximum atomic E-state index is 13.9. The number of carbonyl (C=O) groups excluding carboxylic acids is 5. The predicted molar refractivity (Wildman–Crippen MR) is 291 cm³/mol. The van der Waals surface area contributed by atoms with Crippen LogP contribution in [0.4, 0.5) is 0 Å². The largest absolute Gasteiger partial charge is 0.508 e. The highest BCUT2D eigenvalue weighted by Gasteiger charge is 2.41. The van der Waals surface area contributed by atoms with Gasteiger partial charge in [0.15, 0.2) is 11.1 Å². The molecule has 0 spiro atoms. The van der Waals surface area contributed by atoms with Crippen molar-refractivity contribution >= 4 is 51.4 Å². The van der Waals surface area contributed by atoms with Crippen molar-refractivity contribution in [3.63, 3.8) is 0 Å². The Hall–Kier alpha value is -9.17. The van der Waals surface area contributed by atoms with Crippen LogP contribution in [0.1, 0.15) is 133 Å². The summed E-state index contributed by atoms with van der Waals surface area (Å²) in [6.45, 7) is 6.71. The zero-order valence-corrected chi connectivity index (χ0v) is 44.6. The number of carbonyl (C=O) groups is 5. The molecule has 4 fully saturated rings. The maximum Gasteiger partial charge on any atom is 0.338 e. The summed E-state index contributed by atoms with van der Waals surface area (Å²) < 4.78 is 14.7. The molecule has 80 heavy (non-hydrogen) atoms. The molecule has 9 heterocycles. The molecule has 4 saturated heterocycles. The molecule has 0 atom stereocenters. The van der Waals surface area contributed by atoms with Gasteiger partial charge in [-0.25, -0.2) is 14.8 Å². The smallest absolute Gasteiger partial charge is 0.338 e. The molecule has 12 rings (SSSR count). The second-order valence-corrected chi connectivity index (χ2v) is 21.2. The van der Waals surface area contributed by atoms with Gasteiger partial charge in [-0.15, -0.1) is 0 Å². The maximum absolute atomic E-state index is 13.9. The molecule has 20 heteroatoms. The normalized spacial score (nSPS) is 17.6. The summed E-state index contributed by atoms with van der Waals surface area (Å²) in [6.07, 6.45) is 14.6. The van der Waals surface area contributed by atoms with Crippen molar-refractivity contribution in [2.45, 2.75) is 95.4 Å². The van der Waals surface area contributed by atoms with Crippen molar-refractivity contribution in [2.75, 3.05) is 52.4 Å². The van der Waals surface area contributed by atoms with Gasteiger partial charge in [0.25, 0.3) is 23.6 Å². The summed E-state index contributed by atoms with van der Waals surface area (Å²) in [6, 6.07) is 25.2. The first-order valence-electron chi connectivity index (χ1n) is 27.4. The van der Waals surface area contributed by atoms with E-state index in [1.165, 1.54) is 12.1 Å². The number of phenols is 1. The molecule has 0 saturated carbocycles. The van der Waals surface area contributed by atoms with Gasteiger partial charge in [0.05, 0.1) is 39.9 Å². The molecule has 20 nitrogen and oxygen atoms in total. The minimum Gasteiger partial charge on any atom is -0.508 e. The number of nitriles is 2. The van der Waals surface area contributed by atoms with Gasteiger partial charge in [-0.2, -0.15) is 20.7 Å². The Morgan fingerprint density at radius 3 is 1.60 bits per heavy atom. The third-order valence-corrected chi connectivity index (χ3v) is 16.5. The zero-order valence-electron chi connectivity index (χ0n) is 44.6. The number of cyclic esters (lactones) is 1. The Kier molecular flexibility index (Phi) is 14.7. The monoisotopic (exact) mass is 1080 g/mol. The number of nitrogens with zero attached hydrogens (tertiary/aromatic N) is 12. The van der Waals surface area contributed by atoms with Crippen LogP contribution in [0.25, 0.3) is 21.8 Å². The lowest BCUT2D eigenvalue weighted by Gasteiger charge is -2.37. The molecule has 5 aliphatic rings. The minimum atomic E-state index is -0.799. The van der Waals surface area contributed by atoms with Gasteiger partial charge in [0, 0.05) is 119 Å². The van der Waals surface area contributed by atoms with Crippen molar-refractivity contribution in [2.24, 2.45) is 0 Å². The first-order chi connectivity index (χ1) is 38.9. The quantitative estimate of drug-likeness (QED) is 0.136. The summed E-state index contributed by atoms with van der Waals surface area (Å²) in [5, 5.41) is 39.5. The number of pyridine rings is 2. The average molecular weight is 1080 g/mol. The van der Waals surface area contributed by atoms with Crippen molar-refractivity contribution in [3.05, 3.63) is 142 Å². The van der Waals surface area contributed by atoms with Crippen LogP contribution in [0.5, 0.6) is 11.5 Å². The molecular weight excluding hydrogens is 1020 g/mol. The van der Waals surface area contributed by atoms with Gasteiger partial charge in [-0.1, -0.05) is 6.07 Å². The summed E-state index contributed by atoms with van der Waals surface area (Å²) in [4.78, 5) is 82.8. The highest BCUT2D eigenvalue weighted by Crippen LogP contribution is 2.34. The van der Waals surface area contributed by atoms with Gasteiger partial charge < -0.3 is 34.2 Å². The highest BCUT2D eigenvalue weighted by molar-refractivity contribution is 6.10. The molecule has 4 amide bonds. The second-order valence-electron chi connectivity index (χ2n) is 21.2. The number of aromatic hydroxyl groups is 1. The van der Waals surface area contributed by atoms with Crippen LogP contribution in [0, 0.1) is 29.6 Å². The van der Waals surface area contributed by atoms with Crippen LogP contribution in [-0.4, -0.2) is 136 Å². The van der Waals surface area contributed by atoms with E-state index in [1.54, 1.807) is 92.5 Å². The number of likely N-dealkylation sites (tertiary alicyclic amines) is 4. The van der Waals surface area contributed by atoms with Gasteiger partial charge in [0.1, 0.15) is 36.1 Å². The third-order valence-electron chi connectivity index (χ3n) is 16.5. The van der Waals surface area contributed by atoms with Crippen LogP contribution >= 0.6 is 0 Å². The molecule has 1 N–H and O–H groups in total. The fraction of sp³-hybridized carbons (Fsp3) is 0.383. The average Bonchev–Trinajstić information content (AvgIpc) is 4.35. The molecule has 408 valence electrons. The summed E-state index contributed by atoms with van der Waals surface area (Å²) in [7, 11) is 0. The standard InChI is InChI=1S/C35H34N6O5.C25H26N6O3/c1-23-24(6-8-26-29(23)21-46-34(26)44)20-45-25-7-9-30-27(18-25)28(32(42)39-13-3-2-4-14-39)19-31(38-30)33(43)40-16-10-35(22-36,11-17-40)41-15-5-12-37-41;26-17-25(31-12-4-9-27-31)7-13-30(14-8-25)24(34)22-16-20(23(33)29-10-2-1-3-11-29)19-15-18(32)5-6-21(19)28-22/h5-9,12,15,18-19H,2-4,10-11,13-14,16-17,20-21H2,1H3;4-6,9,12,15-16,32H,1-3,7-8,10-11,13-14H2. The van der Waals surface area contributed by atoms with Crippen LogP contribution in [-0.2, 0) is 29.0 Å². The summed E-state index contributed by atoms with van der Waals surface area (Å²) >= 11 is 0. The number of aromatic nitrogens is 6. The number of esters is 1. The molecule has 5 aliphatic heterocycles. The number of benzene rings is 3. The highest BCUT2D eigenvalue weighted by atomic mass is 16.5. The van der Waals surface area contributed by atoms with E-state index < -0.39 is 11.1 Å². The molecule has 3 aromatic carbocycles. The van der Waals surface area contributed by atoms with Crippen LogP contribution in [0.3, 0.4) is 0 Å². The Morgan fingerprint density at radius 1 is 0.625 bits per heavy atom. The minimum absolute atomic E-state index is 0.0450. The van der Waals surface area contributed by atoms with Gasteiger partial charge in [-0.05, 0) is 123 Å². The third kappa shape index (κ3) is 10.2. The fourth-order valence-corrected chi connectivity index (χ4v) is 11.6. The van der Waals surface area contributed by atoms with Crippen molar-refractivity contribution in [3.8, 4) is 23.6 Å². The fourth-order valence-electron chi connectivity index (χ4n) is 11.6. The van der Waals surface area contributed by atoms with E-state index in [1.807, 2.05) is 28.9 Å². The van der Waals surface area contributed by atoms with E-state index in [0.29, 0.717) is 122 Å². The van der Waals surface area contributed by atoms with E-state index in [-0.39, 0.29) is 59.9 Å². The number of phenolic OH excluding ortho intramolecular Hbond substituents is 1. The van der Waals surface area contributed by atoms with Crippen molar-refractivity contribution < 1.29 is 38.6 Å². The van der Waals surface area contributed by atoms with Crippen LogP contribution in [0.15, 0.2) is 97.6 Å². The van der Waals surface area contributed by atoms with E-state index >= 15 is 0 Å². The van der Waals surface area contributed by atoms with Crippen molar-refractivity contribution in [1.82, 2.24) is 49.1 Å². The predicted octanol–water partition coefficient (Wildman–Crippen LogP) is 7.69. The number of fused-ring (bicyclic) bond motifs is 3. The number of amides is 4. The first kappa shape index (κ1) is 52.9. The summed E-state index contributed by atoms with van der Waals surface area (Å²) in [5.41, 5.74) is 4.03. The van der Waals surface area contributed by atoms with Crippen LogP contribution < -0.4 is 4.74 Å². The van der Waals surface area contributed by atoms with E-state index in [2.05, 4.69) is 27.3 Å². The van der Waals surface area contributed by atoms with Crippen LogP contribution in [0.2, 0.25) is 0 Å². The van der Waals surface area contributed by atoms with Gasteiger partial charge >= 0.3 is 5.97 Å². The van der Waals surface area contributed by atoms with Gasteiger partial charge in [-0.3, -0.25) is 28.5 Å². The number of piperidine rings is 4. The Bertz CT molecular complexity index is 3610. The zero-order chi connectivity index (χ0) is 55.5. The van der Waals surface area contributed by atoms with Gasteiger partial charge in [0.2, 0.25) is 0 Å². The number of hydrogen-bond acceptors (Lipinski definition) is 14. The van der Waals surface area contributed by atoms with Crippen molar-refractivity contribution in [1.29, 1.82) is 10.5 Å². The Morgan fingerprint density at radius 2 is 1.11 bits per heavy atom.